The number of amides is 1. The van der Waals surface area contributed by atoms with Gasteiger partial charge in [-0.3, -0.25) is 4.79 Å². The first-order valence-electron chi connectivity index (χ1n) is 10.6. The number of hydrogen-bond acceptors (Lipinski definition) is 5. The van der Waals surface area contributed by atoms with E-state index in [1.54, 1.807) is 28.4 Å². The van der Waals surface area contributed by atoms with Gasteiger partial charge in [-0.2, -0.15) is 0 Å². The second-order valence-electron chi connectivity index (χ2n) is 7.71. The molecule has 168 valence electrons. The van der Waals surface area contributed by atoms with Gasteiger partial charge in [0.1, 0.15) is 11.8 Å². The highest BCUT2D eigenvalue weighted by molar-refractivity contribution is 5.79. The van der Waals surface area contributed by atoms with Gasteiger partial charge < -0.3 is 29.2 Å². The maximum absolute atomic E-state index is 12.8. The van der Waals surface area contributed by atoms with Crippen LogP contribution in [0.3, 0.4) is 0 Å². The molecule has 1 fully saturated rings. The van der Waals surface area contributed by atoms with Crippen molar-refractivity contribution in [2.75, 3.05) is 48.1 Å². The van der Waals surface area contributed by atoms with E-state index in [-0.39, 0.29) is 18.4 Å². The highest BCUT2D eigenvalue weighted by Crippen LogP contribution is 2.38. The molecule has 0 unspecified atom stereocenters. The number of rotatable bonds is 10. The fourth-order valence-electron chi connectivity index (χ4n) is 4.21. The fourth-order valence-corrected chi connectivity index (χ4v) is 4.21. The van der Waals surface area contributed by atoms with E-state index < -0.39 is 0 Å². The summed E-state index contributed by atoms with van der Waals surface area (Å²) >= 11 is 0. The Labute approximate surface area is 184 Å². The molecule has 1 heterocycles. The highest BCUT2D eigenvalue weighted by atomic mass is 16.5. The van der Waals surface area contributed by atoms with Gasteiger partial charge in [0.05, 0.1) is 54.5 Å². The van der Waals surface area contributed by atoms with Gasteiger partial charge in [-0.1, -0.05) is 0 Å². The van der Waals surface area contributed by atoms with Crippen molar-refractivity contribution in [2.24, 2.45) is 0 Å². The number of methoxy groups -OCH3 is 4. The minimum atomic E-state index is -0.0358. The van der Waals surface area contributed by atoms with Gasteiger partial charge in [-0.25, -0.2) is 0 Å². The predicted molar refractivity (Wildman–Crippen MR) is 118 cm³/mol. The Morgan fingerprint density at radius 1 is 0.935 bits per heavy atom. The first kappa shape index (κ1) is 22.7. The van der Waals surface area contributed by atoms with Crippen molar-refractivity contribution in [3.05, 3.63) is 47.5 Å². The molecule has 0 spiro atoms. The lowest BCUT2D eigenvalue weighted by Crippen LogP contribution is -3.11. The minimum absolute atomic E-state index is 0.0358. The summed E-state index contributed by atoms with van der Waals surface area (Å²) < 4.78 is 21.4. The van der Waals surface area contributed by atoms with Crippen LogP contribution in [0, 0.1) is 0 Å². The van der Waals surface area contributed by atoms with Gasteiger partial charge in [-0.05, 0) is 42.0 Å². The molecule has 1 saturated heterocycles. The van der Waals surface area contributed by atoms with Crippen LogP contribution >= 0.6 is 0 Å². The zero-order valence-electron chi connectivity index (χ0n) is 18.8. The molecule has 2 N–H and O–H groups in total. The average molecular weight is 430 g/mol. The Balaban J connectivity index is 1.69. The van der Waals surface area contributed by atoms with E-state index in [4.69, 9.17) is 18.9 Å². The lowest BCUT2D eigenvalue weighted by molar-refractivity contribution is -0.918. The average Bonchev–Trinajstić information content (AvgIpc) is 3.33. The summed E-state index contributed by atoms with van der Waals surface area (Å²) in [6.07, 6.45) is 2.68. The molecule has 0 radical (unpaired) electrons. The molecular weight excluding hydrogens is 396 g/mol. The fraction of sp³-hybridized carbons (Fsp3) is 0.458. The number of carbonyl (C=O) groups is 1. The third-order valence-electron chi connectivity index (χ3n) is 5.85. The Kier molecular flexibility index (Phi) is 8.00. The maximum atomic E-state index is 12.8. The van der Waals surface area contributed by atoms with Gasteiger partial charge in [0.2, 0.25) is 11.7 Å². The van der Waals surface area contributed by atoms with Crippen LogP contribution < -0.4 is 29.2 Å². The Bertz CT molecular complexity index is 838. The molecule has 1 aliphatic heterocycles. The van der Waals surface area contributed by atoms with Crippen LogP contribution in [0.1, 0.15) is 30.0 Å². The molecule has 0 bridgehead atoms. The minimum Gasteiger partial charge on any atom is -0.497 e. The summed E-state index contributed by atoms with van der Waals surface area (Å²) in [5.41, 5.74) is 2.02. The largest absolute Gasteiger partial charge is 0.497 e. The van der Waals surface area contributed by atoms with Crippen molar-refractivity contribution in [3.8, 4) is 23.0 Å². The second-order valence-corrected chi connectivity index (χ2v) is 7.71. The topological polar surface area (TPSA) is 70.5 Å². The Hall–Kier alpha value is -2.93. The van der Waals surface area contributed by atoms with Crippen molar-refractivity contribution in [1.82, 2.24) is 5.32 Å². The number of hydrogen-bond donors (Lipinski definition) is 2. The zero-order valence-corrected chi connectivity index (χ0v) is 18.8. The second kappa shape index (κ2) is 10.9. The van der Waals surface area contributed by atoms with Gasteiger partial charge >= 0.3 is 0 Å². The van der Waals surface area contributed by atoms with Gasteiger partial charge in [0.15, 0.2) is 11.5 Å². The monoisotopic (exact) mass is 429 g/mol. The highest BCUT2D eigenvalue weighted by Gasteiger charge is 2.28. The van der Waals surface area contributed by atoms with Crippen molar-refractivity contribution in [3.63, 3.8) is 0 Å². The smallest absolute Gasteiger partial charge is 0.224 e. The van der Waals surface area contributed by atoms with Gasteiger partial charge in [0.25, 0.3) is 0 Å². The first-order valence-corrected chi connectivity index (χ1v) is 10.6. The van der Waals surface area contributed by atoms with E-state index in [1.807, 2.05) is 24.3 Å². The SMILES string of the molecule is COc1ccc([C@@H](CNC(=O)Cc2cc(OC)c(OC)c(OC)c2)[NH+]2CCCC2)cc1. The molecule has 7 heteroatoms. The zero-order chi connectivity index (χ0) is 22.2. The van der Waals surface area contributed by atoms with Gasteiger partial charge in [-0.15, -0.1) is 0 Å². The van der Waals surface area contributed by atoms with Crippen LogP contribution in [0.4, 0.5) is 0 Å². The number of carbonyl (C=O) groups excluding carboxylic acids is 1. The van der Waals surface area contributed by atoms with E-state index >= 15 is 0 Å². The Morgan fingerprint density at radius 2 is 1.55 bits per heavy atom. The number of likely N-dealkylation sites (tertiary alicyclic amines) is 1. The molecule has 3 rings (SSSR count). The summed E-state index contributed by atoms with van der Waals surface area (Å²) in [7, 11) is 6.37. The predicted octanol–water partition coefficient (Wildman–Crippen LogP) is 1.80. The van der Waals surface area contributed by atoms with Crippen LogP contribution in [0.5, 0.6) is 23.0 Å². The molecule has 1 aliphatic rings. The number of benzene rings is 2. The molecule has 0 saturated carbocycles. The molecule has 0 aliphatic carbocycles. The number of ether oxygens (including phenoxy) is 4. The van der Waals surface area contributed by atoms with Crippen LogP contribution in [0.15, 0.2) is 36.4 Å². The van der Waals surface area contributed by atoms with Crippen LogP contribution in [0.2, 0.25) is 0 Å². The molecule has 2 aromatic carbocycles. The van der Waals surface area contributed by atoms with Crippen molar-refractivity contribution >= 4 is 5.91 Å². The third kappa shape index (κ3) is 5.61. The lowest BCUT2D eigenvalue weighted by atomic mass is 10.0. The Morgan fingerprint density at radius 3 is 2.06 bits per heavy atom. The summed E-state index contributed by atoms with van der Waals surface area (Å²) in [6.45, 7) is 2.84. The maximum Gasteiger partial charge on any atom is 0.224 e. The van der Waals surface area contributed by atoms with E-state index in [1.165, 1.54) is 23.3 Å². The summed E-state index contributed by atoms with van der Waals surface area (Å²) in [5, 5.41) is 3.13. The lowest BCUT2D eigenvalue weighted by Gasteiger charge is -2.25. The quantitative estimate of drug-likeness (QED) is 0.603. The van der Waals surface area contributed by atoms with Crippen LogP contribution in [-0.4, -0.2) is 54.0 Å². The first-order chi connectivity index (χ1) is 15.1. The third-order valence-corrected chi connectivity index (χ3v) is 5.85. The number of nitrogens with one attached hydrogen (secondary N) is 2. The molecule has 1 atom stereocenters. The molecule has 1 amide bonds. The van der Waals surface area contributed by atoms with Crippen molar-refractivity contribution in [1.29, 1.82) is 0 Å². The standard InChI is InChI=1S/C24H32N2O5/c1-28-19-9-7-18(8-10-19)20(26-11-5-6-12-26)16-25-23(27)15-17-13-21(29-2)24(31-4)22(14-17)30-3/h7-10,13-14,20H,5-6,11-12,15-16H2,1-4H3,(H,25,27)/p+1/t20-/m1/s1. The normalized spacial score (nSPS) is 14.7. The summed E-state index contributed by atoms with van der Waals surface area (Å²) in [6, 6.07) is 12.0. The van der Waals surface area contributed by atoms with Gasteiger partial charge in [0, 0.05) is 18.4 Å². The van der Waals surface area contributed by atoms with E-state index in [9.17, 15) is 4.79 Å². The van der Waals surface area contributed by atoms with E-state index in [0.29, 0.717) is 23.8 Å². The molecule has 2 aromatic rings. The molecule has 0 aromatic heterocycles. The van der Waals surface area contributed by atoms with E-state index in [2.05, 4.69) is 17.4 Å². The van der Waals surface area contributed by atoms with Crippen LogP contribution in [0.25, 0.3) is 0 Å². The van der Waals surface area contributed by atoms with Crippen LogP contribution in [-0.2, 0) is 11.2 Å². The van der Waals surface area contributed by atoms with E-state index in [0.717, 1.165) is 24.4 Å². The van der Waals surface area contributed by atoms with Crippen molar-refractivity contribution < 1.29 is 28.6 Å². The molecule has 7 nitrogen and oxygen atoms in total. The summed E-state index contributed by atoms with van der Waals surface area (Å²) in [4.78, 5) is 14.3. The molecular formula is C24H33N2O5+. The summed E-state index contributed by atoms with van der Waals surface area (Å²) in [5.74, 6) is 2.41. The molecule has 31 heavy (non-hydrogen) atoms. The van der Waals surface area contributed by atoms with Crippen molar-refractivity contribution in [2.45, 2.75) is 25.3 Å². The number of quaternary nitrogens is 1.